The van der Waals surface area contributed by atoms with Gasteiger partial charge >= 0.3 is 6.18 Å². The molecule has 166 valence electrons. The number of carbonyl (C=O) groups is 1. The Morgan fingerprint density at radius 3 is 2.62 bits per heavy atom. The molecule has 0 atom stereocenters. The van der Waals surface area contributed by atoms with E-state index in [1.807, 2.05) is 42.5 Å². The standard InChI is InChI=1S/C24H21F3N2O2S/c1-32-29-23(30)22-19(18-12-11-16(24(25,26)27)14-20(18)28-22)9-5-13-31-21-10-4-7-15-6-2-3-8-17(15)21/h2-4,6-8,10-12,14,28H,5,9,13H2,1H3,(H,29,30). The van der Waals surface area contributed by atoms with E-state index in [1.165, 1.54) is 6.07 Å². The van der Waals surface area contributed by atoms with E-state index < -0.39 is 11.7 Å². The quantitative estimate of drug-likeness (QED) is 0.250. The van der Waals surface area contributed by atoms with E-state index in [1.54, 1.807) is 6.26 Å². The Morgan fingerprint density at radius 1 is 1.06 bits per heavy atom. The molecule has 32 heavy (non-hydrogen) atoms. The predicted molar refractivity (Wildman–Crippen MR) is 122 cm³/mol. The van der Waals surface area contributed by atoms with Crippen LogP contribution in [0.2, 0.25) is 0 Å². The number of hydrogen-bond acceptors (Lipinski definition) is 3. The van der Waals surface area contributed by atoms with Crippen LogP contribution in [0.15, 0.2) is 60.7 Å². The molecule has 0 unspecified atom stereocenters. The van der Waals surface area contributed by atoms with Gasteiger partial charge in [0.05, 0.1) is 12.2 Å². The molecule has 3 aromatic carbocycles. The highest BCUT2D eigenvalue weighted by Crippen LogP contribution is 2.33. The van der Waals surface area contributed by atoms with Crippen molar-refractivity contribution >= 4 is 39.5 Å². The van der Waals surface area contributed by atoms with Gasteiger partial charge < -0.3 is 9.72 Å². The fourth-order valence-electron chi connectivity index (χ4n) is 3.78. The molecular weight excluding hydrogens is 437 g/mol. The summed E-state index contributed by atoms with van der Waals surface area (Å²) in [4.78, 5) is 15.4. The summed E-state index contributed by atoms with van der Waals surface area (Å²) in [5.41, 5.74) is 0.491. The van der Waals surface area contributed by atoms with Crippen LogP contribution in [-0.4, -0.2) is 23.8 Å². The molecule has 0 bridgehead atoms. The zero-order valence-corrected chi connectivity index (χ0v) is 18.1. The molecule has 1 heterocycles. The van der Waals surface area contributed by atoms with Gasteiger partial charge in [0.15, 0.2) is 0 Å². The van der Waals surface area contributed by atoms with Crippen LogP contribution in [0.3, 0.4) is 0 Å². The highest BCUT2D eigenvalue weighted by atomic mass is 32.2. The van der Waals surface area contributed by atoms with Crippen molar-refractivity contribution in [1.29, 1.82) is 0 Å². The first-order valence-electron chi connectivity index (χ1n) is 10.0. The van der Waals surface area contributed by atoms with Crippen molar-refractivity contribution in [2.24, 2.45) is 0 Å². The summed E-state index contributed by atoms with van der Waals surface area (Å²) in [6.45, 7) is 0.408. The minimum atomic E-state index is -4.45. The molecule has 8 heteroatoms. The number of hydrogen-bond donors (Lipinski definition) is 2. The molecular formula is C24H21F3N2O2S. The smallest absolute Gasteiger partial charge is 0.416 e. The number of amides is 1. The van der Waals surface area contributed by atoms with E-state index in [4.69, 9.17) is 4.74 Å². The lowest BCUT2D eigenvalue weighted by Gasteiger charge is -2.10. The molecule has 0 spiro atoms. The van der Waals surface area contributed by atoms with E-state index >= 15 is 0 Å². The number of carbonyl (C=O) groups excluding carboxylic acids is 1. The van der Waals surface area contributed by atoms with E-state index in [2.05, 4.69) is 9.71 Å². The monoisotopic (exact) mass is 458 g/mol. The van der Waals surface area contributed by atoms with Gasteiger partial charge in [0.1, 0.15) is 11.4 Å². The van der Waals surface area contributed by atoms with Gasteiger partial charge in [0.25, 0.3) is 5.91 Å². The van der Waals surface area contributed by atoms with Crippen molar-refractivity contribution in [3.63, 3.8) is 0 Å². The SMILES string of the molecule is CSNC(=O)c1[nH]c2cc(C(F)(F)F)ccc2c1CCCOc1cccc2ccccc12. The molecule has 0 fully saturated rings. The van der Waals surface area contributed by atoms with E-state index in [9.17, 15) is 18.0 Å². The maximum Gasteiger partial charge on any atom is 0.416 e. The van der Waals surface area contributed by atoms with Crippen molar-refractivity contribution < 1.29 is 22.7 Å². The molecule has 4 rings (SSSR count). The van der Waals surface area contributed by atoms with Crippen LogP contribution in [0.25, 0.3) is 21.7 Å². The Balaban J connectivity index is 1.55. The number of aromatic amines is 1. The third kappa shape index (κ3) is 4.55. The Morgan fingerprint density at radius 2 is 1.84 bits per heavy atom. The first-order chi connectivity index (χ1) is 15.4. The van der Waals surface area contributed by atoms with Crippen molar-refractivity contribution in [2.45, 2.75) is 19.0 Å². The van der Waals surface area contributed by atoms with Gasteiger partial charge in [0.2, 0.25) is 0 Å². The molecule has 0 aliphatic carbocycles. The molecule has 4 nitrogen and oxygen atoms in total. The summed E-state index contributed by atoms with van der Waals surface area (Å²) >= 11 is 1.13. The van der Waals surface area contributed by atoms with Crippen molar-refractivity contribution in [3.8, 4) is 5.75 Å². The summed E-state index contributed by atoms with van der Waals surface area (Å²) < 4.78 is 47.9. The number of alkyl halides is 3. The van der Waals surface area contributed by atoms with E-state index in [0.717, 1.165) is 40.6 Å². The van der Waals surface area contributed by atoms with Gasteiger partial charge in [-0.05, 0) is 42.0 Å². The average molecular weight is 459 g/mol. The molecule has 0 aliphatic rings. The summed E-state index contributed by atoms with van der Waals surface area (Å²) in [5.74, 6) is 0.407. The number of aryl methyl sites for hydroxylation is 1. The number of rotatable bonds is 7. The van der Waals surface area contributed by atoms with Crippen LogP contribution in [0.4, 0.5) is 13.2 Å². The Hall–Kier alpha value is -3.13. The molecule has 0 aliphatic heterocycles. The number of ether oxygens (including phenoxy) is 1. The number of halogens is 3. The highest BCUT2D eigenvalue weighted by Gasteiger charge is 2.31. The zero-order chi connectivity index (χ0) is 22.7. The lowest BCUT2D eigenvalue weighted by Crippen LogP contribution is -2.17. The Labute approximate surface area is 187 Å². The lowest BCUT2D eigenvalue weighted by atomic mass is 10.0. The van der Waals surface area contributed by atoms with Gasteiger partial charge in [-0.1, -0.05) is 54.4 Å². The van der Waals surface area contributed by atoms with Gasteiger partial charge in [-0.15, -0.1) is 0 Å². The largest absolute Gasteiger partial charge is 0.493 e. The van der Waals surface area contributed by atoms with Crippen molar-refractivity contribution in [3.05, 3.63) is 77.5 Å². The van der Waals surface area contributed by atoms with Crippen LogP contribution in [0.5, 0.6) is 5.75 Å². The number of nitrogens with one attached hydrogen (secondary N) is 2. The van der Waals surface area contributed by atoms with E-state index in [0.29, 0.717) is 30.4 Å². The predicted octanol–water partition coefficient (Wildman–Crippen LogP) is 6.36. The molecule has 0 radical (unpaired) electrons. The summed E-state index contributed by atoms with van der Waals surface area (Å²) in [7, 11) is 0. The van der Waals surface area contributed by atoms with Gasteiger partial charge in [-0.25, -0.2) is 0 Å². The van der Waals surface area contributed by atoms with Crippen molar-refractivity contribution in [2.75, 3.05) is 12.9 Å². The first-order valence-corrected chi connectivity index (χ1v) is 11.3. The topological polar surface area (TPSA) is 54.1 Å². The lowest BCUT2D eigenvalue weighted by molar-refractivity contribution is -0.137. The molecule has 4 aromatic rings. The van der Waals surface area contributed by atoms with Crippen LogP contribution in [0.1, 0.15) is 28.0 Å². The van der Waals surface area contributed by atoms with Gasteiger partial charge in [-0.2, -0.15) is 13.2 Å². The second-order valence-corrected chi connectivity index (χ2v) is 7.91. The van der Waals surface area contributed by atoms with Crippen LogP contribution >= 0.6 is 11.9 Å². The summed E-state index contributed by atoms with van der Waals surface area (Å²) in [5, 5.41) is 2.70. The molecule has 0 saturated heterocycles. The van der Waals surface area contributed by atoms with Gasteiger partial charge in [0, 0.05) is 22.5 Å². The Kier molecular flexibility index (Phi) is 6.32. The van der Waals surface area contributed by atoms with Crippen molar-refractivity contribution in [1.82, 2.24) is 9.71 Å². The third-order valence-electron chi connectivity index (χ3n) is 5.23. The second kappa shape index (κ2) is 9.16. The first kappa shape index (κ1) is 22.1. The molecule has 0 saturated carbocycles. The maximum atomic E-state index is 13.1. The normalized spacial score (nSPS) is 11.8. The molecule has 2 N–H and O–H groups in total. The number of benzene rings is 3. The minimum absolute atomic E-state index is 0.277. The average Bonchev–Trinajstić information content (AvgIpc) is 3.14. The highest BCUT2D eigenvalue weighted by molar-refractivity contribution is 7.97. The fourth-order valence-corrected chi connectivity index (χ4v) is 4.07. The second-order valence-electron chi connectivity index (χ2n) is 7.30. The summed E-state index contributed by atoms with van der Waals surface area (Å²) in [6, 6.07) is 17.3. The summed E-state index contributed by atoms with van der Waals surface area (Å²) in [6.07, 6.45) is -1.67. The van der Waals surface area contributed by atoms with Crippen LogP contribution < -0.4 is 9.46 Å². The molecule has 1 amide bonds. The third-order valence-corrected chi connectivity index (χ3v) is 5.62. The number of fused-ring (bicyclic) bond motifs is 2. The van der Waals surface area contributed by atoms with Crippen LogP contribution in [0, 0.1) is 0 Å². The number of aromatic nitrogens is 1. The van der Waals surface area contributed by atoms with Gasteiger partial charge in [-0.3, -0.25) is 9.52 Å². The van der Waals surface area contributed by atoms with E-state index in [-0.39, 0.29) is 17.1 Å². The molecule has 1 aromatic heterocycles. The number of H-pyrrole nitrogens is 1. The fraction of sp³-hybridized carbons (Fsp3) is 0.208. The maximum absolute atomic E-state index is 13.1. The van der Waals surface area contributed by atoms with Crippen LogP contribution in [-0.2, 0) is 12.6 Å². The Bertz CT molecular complexity index is 1260. The zero-order valence-electron chi connectivity index (χ0n) is 17.3. The minimum Gasteiger partial charge on any atom is -0.493 e.